The number of halogens is 2. The third kappa shape index (κ3) is 4.08. The van der Waals surface area contributed by atoms with Crippen LogP contribution in [0, 0.1) is 0 Å². The minimum Gasteiger partial charge on any atom is -0.315 e. The quantitative estimate of drug-likeness (QED) is 0.729. The van der Waals surface area contributed by atoms with E-state index in [1.807, 2.05) is 0 Å². The van der Waals surface area contributed by atoms with Crippen LogP contribution in [0.3, 0.4) is 0 Å². The Balaban J connectivity index is 0.000000980. The molecule has 0 aromatic rings. The summed E-state index contributed by atoms with van der Waals surface area (Å²) >= 11 is 0. The fourth-order valence-electron chi connectivity index (χ4n) is 2.44. The average Bonchev–Trinajstić information content (AvgIpc) is 2.53. The maximum absolute atomic E-state index is 3.55. The Labute approximate surface area is 105 Å². The molecule has 92 valence electrons. The molecule has 2 N–H and O–H groups in total. The zero-order valence-corrected chi connectivity index (χ0v) is 11.2. The second kappa shape index (κ2) is 6.26. The van der Waals surface area contributed by atoms with Crippen molar-refractivity contribution in [1.29, 1.82) is 0 Å². The van der Waals surface area contributed by atoms with E-state index < -0.39 is 0 Å². The van der Waals surface area contributed by atoms with Crippen LogP contribution in [0.2, 0.25) is 0 Å². The number of nitrogens with zero attached hydrogens (tertiary/aromatic N) is 1. The Morgan fingerprint density at radius 3 is 2.47 bits per heavy atom. The molecule has 0 radical (unpaired) electrons. The Kier molecular flexibility index (Phi) is 6.45. The van der Waals surface area contributed by atoms with Crippen molar-refractivity contribution >= 4 is 24.8 Å². The predicted molar refractivity (Wildman–Crippen MR) is 69.4 cm³/mol. The fourth-order valence-corrected chi connectivity index (χ4v) is 2.44. The molecule has 5 heteroatoms. The molecule has 0 aliphatic carbocycles. The van der Waals surface area contributed by atoms with Gasteiger partial charge in [0.2, 0.25) is 0 Å². The van der Waals surface area contributed by atoms with Crippen LogP contribution in [0.4, 0.5) is 0 Å². The van der Waals surface area contributed by atoms with Gasteiger partial charge in [-0.2, -0.15) is 0 Å². The monoisotopic (exact) mass is 255 g/mol. The molecule has 2 heterocycles. The first-order valence-electron chi connectivity index (χ1n) is 5.37. The van der Waals surface area contributed by atoms with Gasteiger partial charge >= 0.3 is 0 Å². The fraction of sp³-hybridized carbons (Fsp3) is 1.00. The number of hydrogen-bond acceptors (Lipinski definition) is 3. The molecule has 2 fully saturated rings. The second-order valence-electron chi connectivity index (χ2n) is 4.93. The molecule has 0 saturated carbocycles. The zero-order chi connectivity index (χ0) is 9.31. The van der Waals surface area contributed by atoms with Crippen LogP contribution in [0.25, 0.3) is 0 Å². The third-order valence-electron chi connectivity index (χ3n) is 3.15. The highest BCUT2D eigenvalue weighted by atomic mass is 35.5. The minimum atomic E-state index is 0. The lowest BCUT2D eigenvalue weighted by atomic mass is 10.0. The summed E-state index contributed by atoms with van der Waals surface area (Å²) in [5.74, 6) is 0. The largest absolute Gasteiger partial charge is 0.315 e. The van der Waals surface area contributed by atoms with Crippen molar-refractivity contribution in [2.24, 2.45) is 0 Å². The Bertz CT molecular complexity index is 182. The third-order valence-corrected chi connectivity index (χ3v) is 3.15. The molecule has 3 nitrogen and oxygen atoms in total. The van der Waals surface area contributed by atoms with Crippen LogP contribution in [0.5, 0.6) is 0 Å². The minimum absolute atomic E-state index is 0. The molecule has 2 saturated heterocycles. The molecule has 0 aromatic carbocycles. The first-order valence-corrected chi connectivity index (χ1v) is 5.37. The zero-order valence-electron chi connectivity index (χ0n) is 9.58. The summed E-state index contributed by atoms with van der Waals surface area (Å²) in [6.07, 6.45) is 1.33. The molecule has 1 atom stereocenters. The SMILES string of the molecule is CC1(C)CN(C2CCNC2)CCN1.Cl.Cl. The van der Waals surface area contributed by atoms with Crippen molar-refractivity contribution in [3.05, 3.63) is 0 Å². The molecule has 0 amide bonds. The Morgan fingerprint density at radius 1 is 1.20 bits per heavy atom. The lowest BCUT2D eigenvalue weighted by Crippen LogP contribution is -2.59. The standard InChI is InChI=1S/C10H21N3.2ClH/c1-10(2)8-13(6-5-12-10)9-3-4-11-7-9;;/h9,11-12H,3-8H2,1-2H3;2*1H. The van der Waals surface area contributed by atoms with E-state index in [-0.39, 0.29) is 24.8 Å². The van der Waals surface area contributed by atoms with Gasteiger partial charge in [0.15, 0.2) is 0 Å². The van der Waals surface area contributed by atoms with E-state index in [1.54, 1.807) is 0 Å². The van der Waals surface area contributed by atoms with Gasteiger partial charge in [-0.3, -0.25) is 4.90 Å². The first kappa shape index (κ1) is 15.5. The van der Waals surface area contributed by atoms with E-state index in [4.69, 9.17) is 0 Å². The average molecular weight is 256 g/mol. The molecule has 2 aliphatic rings. The number of hydrogen-bond donors (Lipinski definition) is 2. The van der Waals surface area contributed by atoms with Crippen LogP contribution >= 0.6 is 24.8 Å². The highest BCUT2D eigenvalue weighted by Gasteiger charge is 2.30. The van der Waals surface area contributed by atoms with E-state index in [9.17, 15) is 0 Å². The lowest BCUT2D eigenvalue weighted by molar-refractivity contribution is 0.117. The van der Waals surface area contributed by atoms with Gasteiger partial charge in [-0.25, -0.2) is 0 Å². The van der Waals surface area contributed by atoms with Gasteiger partial charge in [0.25, 0.3) is 0 Å². The summed E-state index contributed by atoms with van der Waals surface area (Å²) in [5, 5.41) is 6.98. The predicted octanol–water partition coefficient (Wildman–Crippen LogP) is 0.876. The van der Waals surface area contributed by atoms with Gasteiger partial charge in [0, 0.05) is 37.8 Å². The van der Waals surface area contributed by atoms with Gasteiger partial charge in [-0.05, 0) is 26.8 Å². The lowest BCUT2D eigenvalue weighted by Gasteiger charge is -2.41. The molecule has 15 heavy (non-hydrogen) atoms. The van der Waals surface area contributed by atoms with Gasteiger partial charge in [-0.15, -0.1) is 24.8 Å². The van der Waals surface area contributed by atoms with Crippen molar-refractivity contribution in [1.82, 2.24) is 15.5 Å². The van der Waals surface area contributed by atoms with Gasteiger partial charge < -0.3 is 10.6 Å². The molecule has 2 rings (SSSR count). The summed E-state index contributed by atoms with van der Waals surface area (Å²) in [4.78, 5) is 2.64. The van der Waals surface area contributed by atoms with Gasteiger partial charge in [0.05, 0.1) is 0 Å². The van der Waals surface area contributed by atoms with Crippen LogP contribution in [0.15, 0.2) is 0 Å². The van der Waals surface area contributed by atoms with Crippen molar-refractivity contribution in [2.75, 3.05) is 32.7 Å². The van der Waals surface area contributed by atoms with Crippen molar-refractivity contribution in [3.63, 3.8) is 0 Å². The molecular weight excluding hydrogens is 233 g/mol. The van der Waals surface area contributed by atoms with Crippen molar-refractivity contribution in [2.45, 2.75) is 31.8 Å². The van der Waals surface area contributed by atoms with Crippen LogP contribution in [0.1, 0.15) is 20.3 Å². The number of rotatable bonds is 1. The Morgan fingerprint density at radius 2 is 1.93 bits per heavy atom. The van der Waals surface area contributed by atoms with E-state index in [1.165, 1.54) is 32.6 Å². The second-order valence-corrected chi connectivity index (χ2v) is 4.93. The van der Waals surface area contributed by atoms with Gasteiger partial charge in [-0.1, -0.05) is 0 Å². The molecule has 1 unspecified atom stereocenters. The molecular formula is C10H23Cl2N3. The first-order chi connectivity index (χ1) is 6.17. The van der Waals surface area contributed by atoms with Gasteiger partial charge in [0.1, 0.15) is 0 Å². The van der Waals surface area contributed by atoms with E-state index in [0.29, 0.717) is 5.54 Å². The maximum atomic E-state index is 3.55. The highest BCUT2D eigenvalue weighted by molar-refractivity contribution is 5.85. The smallest absolute Gasteiger partial charge is 0.0252 e. The molecule has 2 aliphatic heterocycles. The number of nitrogens with one attached hydrogen (secondary N) is 2. The topological polar surface area (TPSA) is 27.3 Å². The van der Waals surface area contributed by atoms with Crippen LogP contribution in [-0.4, -0.2) is 49.2 Å². The van der Waals surface area contributed by atoms with Crippen molar-refractivity contribution in [3.8, 4) is 0 Å². The summed E-state index contributed by atoms with van der Waals surface area (Å²) in [6.45, 7) is 10.5. The number of piperazine rings is 1. The Hall–Kier alpha value is 0.460. The van der Waals surface area contributed by atoms with E-state index in [0.717, 1.165) is 12.6 Å². The van der Waals surface area contributed by atoms with Crippen LogP contribution < -0.4 is 10.6 Å². The maximum Gasteiger partial charge on any atom is 0.0252 e. The summed E-state index contributed by atoms with van der Waals surface area (Å²) in [6, 6.07) is 0.793. The summed E-state index contributed by atoms with van der Waals surface area (Å²) in [7, 11) is 0. The molecule has 0 bridgehead atoms. The van der Waals surface area contributed by atoms with Crippen LogP contribution in [-0.2, 0) is 0 Å². The van der Waals surface area contributed by atoms with E-state index in [2.05, 4.69) is 29.4 Å². The molecule has 0 spiro atoms. The summed E-state index contributed by atoms with van der Waals surface area (Å²) < 4.78 is 0. The molecule has 0 aromatic heterocycles. The highest BCUT2D eigenvalue weighted by Crippen LogP contribution is 2.16. The van der Waals surface area contributed by atoms with E-state index >= 15 is 0 Å². The summed E-state index contributed by atoms with van der Waals surface area (Å²) in [5.41, 5.74) is 0.306. The normalized spacial score (nSPS) is 30.4. The van der Waals surface area contributed by atoms with Crippen molar-refractivity contribution < 1.29 is 0 Å².